The number of hydrogen-bond donors (Lipinski definition) is 1. The molecule has 31 heavy (non-hydrogen) atoms. The van der Waals surface area contributed by atoms with Crippen LogP contribution in [-0.4, -0.2) is 42.1 Å². The molecular weight excluding hydrogens is 418 g/mol. The van der Waals surface area contributed by atoms with Crippen LogP contribution in [0.1, 0.15) is 42.5 Å². The van der Waals surface area contributed by atoms with Crippen molar-refractivity contribution in [3.05, 3.63) is 59.1 Å². The second kappa shape index (κ2) is 9.39. The molecule has 2 saturated heterocycles. The van der Waals surface area contributed by atoms with Gasteiger partial charge < -0.3 is 14.5 Å². The van der Waals surface area contributed by atoms with Crippen LogP contribution in [0, 0.1) is 0 Å². The molecule has 2 fully saturated rings. The fourth-order valence-corrected chi connectivity index (χ4v) is 4.05. The average molecular weight is 442 g/mol. The number of rotatable bonds is 4. The molecule has 2 aliphatic rings. The maximum absolute atomic E-state index is 13.0. The first-order valence-corrected chi connectivity index (χ1v) is 10.8. The third-order valence-corrected chi connectivity index (χ3v) is 5.79. The molecule has 4 rings (SSSR count). The minimum atomic E-state index is -0.622. The number of amides is 3. The normalized spacial score (nSPS) is 18.7. The molecule has 2 aliphatic heterocycles. The molecule has 0 bridgehead atoms. The fourth-order valence-electron chi connectivity index (χ4n) is 3.92. The molecule has 0 radical (unpaired) electrons. The lowest BCUT2D eigenvalue weighted by atomic mass is 10.1. The van der Waals surface area contributed by atoms with Gasteiger partial charge in [0.25, 0.3) is 5.91 Å². The number of piperidine rings is 1. The van der Waals surface area contributed by atoms with Crippen molar-refractivity contribution in [2.45, 2.75) is 38.3 Å². The van der Waals surface area contributed by atoms with Crippen molar-refractivity contribution < 1.29 is 19.1 Å². The SMILES string of the molecule is O=C(Nc1ccc(Cl)cc1)O[C@H]1CCCN1C(=O)c1ccc(N2CCCCC2=O)cc1. The van der Waals surface area contributed by atoms with E-state index in [0.717, 1.165) is 24.9 Å². The summed E-state index contributed by atoms with van der Waals surface area (Å²) in [5.74, 6) is -0.0802. The minimum Gasteiger partial charge on any atom is -0.425 e. The monoisotopic (exact) mass is 441 g/mol. The topological polar surface area (TPSA) is 79.0 Å². The van der Waals surface area contributed by atoms with Crippen LogP contribution in [0.5, 0.6) is 0 Å². The molecule has 2 heterocycles. The van der Waals surface area contributed by atoms with Gasteiger partial charge in [-0.05, 0) is 67.8 Å². The van der Waals surface area contributed by atoms with Gasteiger partial charge in [0.05, 0.1) is 0 Å². The van der Waals surface area contributed by atoms with E-state index < -0.39 is 12.3 Å². The number of ether oxygens (including phenoxy) is 1. The van der Waals surface area contributed by atoms with Crippen molar-refractivity contribution in [2.75, 3.05) is 23.3 Å². The van der Waals surface area contributed by atoms with Gasteiger partial charge in [0.2, 0.25) is 5.91 Å². The van der Waals surface area contributed by atoms with Gasteiger partial charge in [0.15, 0.2) is 6.23 Å². The predicted molar refractivity (Wildman–Crippen MR) is 118 cm³/mol. The number of carbonyl (C=O) groups excluding carboxylic acids is 3. The minimum absolute atomic E-state index is 0.116. The van der Waals surface area contributed by atoms with Crippen LogP contribution >= 0.6 is 11.6 Å². The lowest BCUT2D eigenvalue weighted by molar-refractivity contribution is -0.119. The maximum Gasteiger partial charge on any atom is 0.413 e. The molecule has 0 unspecified atom stereocenters. The van der Waals surface area contributed by atoms with Crippen molar-refractivity contribution in [1.29, 1.82) is 0 Å². The molecule has 0 spiro atoms. The number of nitrogens with one attached hydrogen (secondary N) is 1. The summed E-state index contributed by atoms with van der Waals surface area (Å²) < 4.78 is 5.50. The Bertz CT molecular complexity index is 962. The van der Waals surface area contributed by atoms with E-state index in [2.05, 4.69) is 5.32 Å². The van der Waals surface area contributed by atoms with Gasteiger partial charge in [0, 0.05) is 47.9 Å². The van der Waals surface area contributed by atoms with Crippen LogP contribution in [0.25, 0.3) is 0 Å². The van der Waals surface area contributed by atoms with E-state index in [1.807, 2.05) is 0 Å². The highest BCUT2D eigenvalue weighted by atomic mass is 35.5. The first-order chi connectivity index (χ1) is 15.0. The second-order valence-electron chi connectivity index (χ2n) is 7.68. The zero-order valence-corrected chi connectivity index (χ0v) is 17.8. The highest BCUT2D eigenvalue weighted by Crippen LogP contribution is 2.25. The molecule has 1 N–H and O–H groups in total. The van der Waals surface area contributed by atoms with Gasteiger partial charge >= 0.3 is 6.09 Å². The third-order valence-electron chi connectivity index (χ3n) is 5.54. The fraction of sp³-hybridized carbons (Fsp3) is 0.348. The summed E-state index contributed by atoms with van der Waals surface area (Å²) in [4.78, 5) is 40.7. The van der Waals surface area contributed by atoms with E-state index in [1.165, 1.54) is 0 Å². The number of anilines is 2. The second-order valence-corrected chi connectivity index (χ2v) is 8.12. The molecule has 1 atom stereocenters. The Morgan fingerprint density at radius 2 is 1.71 bits per heavy atom. The number of nitrogens with zero attached hydrogens (tertiary/aromatic N) is 2. The van der Waals surface area contributed by atoms with Crippen LogP contribution in [0.3, 0.4) is 0 Å². The summed E-state index contributed by atoms with van der Waals surface area (Å²) in [5.41, 5.74) is 1.87. The van der Waals surface area contributed by atoms with Crippen molar-refractivity contribution in [2.24, 2.45) is 0 Å². The van der Waals surface area contributed by atoms with E-state index in [9.17, 15) is 14.4 Å². The van der Waals surface area contributed by atoms with Crippen LogP contribution in [-0.2, 0) is 9.53 Å². The number of benzene rings is 2. The van der Waals surface area contributed by atoms with Gasteiger partial charge in [-0.2, -0.15) is 0 Å². The summed E-state index contributed by atoms with van der Waals surface area (Å²) in [6.07, 6.45) is 2.57. The Balaban J connectivity index is 1.38. The number of halogens is 1. The molecule has 8 heteroatoms. The van der Waals surface area contributed by atoms with Gasteiger partial charge in [-0.3, -0.25) is 14.9 Å². The summed E-state index contributed by atoms with van der Waals surface area (Å²) in [7, 11) is 0. The van der Waals surface area contributed by atoms with Gasteiger partial charge in [0.1, 0.15) is 0 Å². The summed E-state index contributed by atoms with van der Waals surface area (Å²) in [5, 5.41) is 3.22. The lowest BCUT2D eigenvalue weighted by Gasteiger charge is -2.27. The molecule has 162 valence electrons. The average Bonchev–Trinajstić information content (AvgIpc) is 3.23. The number of hydrogen-bond acceptors (Lipinski definition) is 4. The van der Waals surface area contributed by atoms with E-state index >= 15 is 0 Å². The third kappa shape index (κ3) is 4.99. The Labute approximate surface area is 185 Å². The van der Waals surface area contributed by atoms with Crippen molar-refractivity contribution in [3.8, 4) is 0 Å². The zero-order chi connectivity index (χ0) is 21.8. The number of carbonyl (C=O) groups is 3. The smallest absolute Gasteiger partial charge is 0.413 e. The zero-order valence-electron chi connectivity index (χ0n) is 17.1. The van der Waals surface area contributed by atoms with Gasteiger partial charge in [-0.25, -0.2) is 4.79 Å². The lowest BCUT2D eigenvalue weighted by Crippen LogP contribution is -2.39. The Morgan fingerprint density at radius 3 is 2.42 bits per heavy atom. The molecule has 2 aromatic rings. The van der Waals surface area contributed by atoms with E-state index in [1.54, 1.807) is 58.3 Å². The Morgan fingerprint density at radius 1 is 0.968 bits per heavy atom. The standard InChI is InChI=1S/C23H24ClN3O4/c24-17-8-10-18(11-9-17)25-23(30)31-21-5-3-15-27(21)22(29)16-6-12-19(13-7-16)26-14-2-1-4-20(26)28/h6-13,21H,1-5,14-15H2,(H,25,30)/t21-/m0/s1. The van der Waals surface area contributed by atoms with E-state index in [-0.39, 0.29) is 11.8 Å². The van der Waals surface area contributed by atoms with Crippen LogP contribution in [0.4, 0.5) is 16.2 Å². The molecule has 0 aliphatic carbocycles. The van der Waals surface area contributed by atoms with Crippen molar-refractivity contribution in [3.63, 3.8) is 0 Å². The molecular formula is C23H24ClN3O4. The Kier molecular flexibility index (Phi) is 6.42. The Hall–Kier alpha value is -3.06. The summed E-state index contributed by atoms with van der Waals surface area (Å²) in [6.45, 7) is 1.22. The molecule has 7 nitrogen and oxygen atoms in total. The largest absolute Gasteiger partial charge is 0.425 e. The molecule has 0 aromatic heterocycles. The van der Waals surface area contributed by atoms with Crippen molar-refractivity contribution in [1.82, 2.24) is 4.90 Å². The van der Waals surface area contributed by atoms with Crippen molar-refractivity contribution >= 4 is 40.9 Å². The molecule has 3 amide bonds. The van der Waals surface area contributed by atoms with Crippen LogP contribution < -0.4 is 10.2 Å². The van der Waals surface area contributed by atoms with E-state index in [0.29, 0.717) is 42.2 Å². The molecule has 0 saturated carbocycles. The molecule has 2 aromatic carbocycles. The summed E-state index contributed by atoms with van der Waals surface area (Å²) >= 11 is 5.85. The van der Waals surface area contributed by atoms with Gasteiger partial charge in [-0.1, -0.05) is 11.6 Å². The number of likely N-dealkylation sites (tertiary alicyclic amines) is 1. The van der Waals surface area contributed by atoms with E-state index in [4.69, 9.17) is 16.3 Å². The summed E-state index contributed by atoms with van der Waals surface area (Å²) in [6, 6.07) is 13.7. The first-order valence-electron chi connectivity index (χ1n) is 10.5. The maximum atomic E-state index is 13.0. The van der Waals surface area contributed by atoms with Crippen LogP contribution in [0.2, 0.25) is 5.02 Å². The highest BCUT2D eigenvalue weighted by molar-refractivity contribution is 6.30. The first kappa shape index (κ1) is 21.2. The predicted octanol–water partition coefficient (Wildman–Crippen LogP) is 4.67. The van der Waals surface area contributed by atoms with Gasteiger partial charge in [-0.15, -0.1) is 0 Å². The quantitative estimate of drug-likeness (QED) is 0.747. The van der Waals surface area contributed by atoms with Crippen LogP contribution in [0.15, 0.2) is 48.5 Å². The highest BCUT2D eigenvalue weighted by Gasteiger charge is 2.32.